The van der Waals surface area contributed by atoms with E-state index in [1.165, 1.54) is 11.3 Å². The summed E-state index contributed by atoms with van der Waals surface area (Å²) in [6.45, 7) is 0. The summed E-state index contributed by atoms with van der Waals surface area (Å²) in [6, 6.07) is 14.6. The summed E-state index contributed by atoms with van der Waals surface area (Å²) in [5, 5.41) is 6.38. The average Bonchev–Trinajstić information content (AvgIpc) is 2.89. The molecule has 0 aliphatic carbocycles. The molecule has 0 unspecified atom stereocenters. The number of benzene rings is 2. The van der Waals surface area contributed by atoms with Crippen LogP contribution in [0.5, 0.6) is 0 Å². The summed E-state index contributed by atoms with van der Waals surface area (Å²) < 4.78 is 1.04. The standard InChI is InChI=1S/C15H12N4OS2/c16-14(21)17-10-7-5-9(6-8-10)13(20)19-15-18-11-3-1-2-4-12(11)22-15/h1-8H,(H3,16,17,21)(H,18,19,20). The molecule has 3 rings (SSSR count). The third-order valence-corrected chi connectivity index (χ3v) is 3.98. The number of aromatic nitrogens is 1. The molecule has 0 saturated heterocycles. The molecule has 3 aromatic rings. The SMILES string of the molecule is NC(=S)Nc1ccc(C(=O)Nc2nc3ccccc3s2)cc1. The van der Waals surface area contributed by atoms with Gasteiger partial charge >= 0.3 is 0 Å². The number of carbonyl (C=O) groups is 1. The molecule has 0 aliphatic heterocycles. The van der Waals surface area contributed by atoms with E-state index in [0.717, 1.165) is 15.9 Å². The molecule has 1 heterocycles. The first-order chi connectivity index (χ1) is 10.6. The van der Waals surface area contributed by atoms with Crippen molar-refractivity contribution in [1.29, 1.82) is 0 Å². The van der Waals surface area contributed by atoms with Gasteiger partial charge < -0.3 is 11.1 Å². The topological polar surface area (TPSA) is 80.0 Å². The van der Waals surface area contributed by atoms with Crippen molar-refractivity contribution < 1.29 is 4.79 Å². The quantitative estimate of drug-likeness (QED) is 0.643. The van der Waals surface area contributed by atoms with Crippen LogP contribution in [0.3, 0.4) is 0 Å². The predicted octanol–water partition coefficient (Wildman–Crippen LogP) is 3.20. The van der Waals surface area contributed by atoms with E-state index in [1.54, 1.807) is 24.3 Å². The lowest BCUT2D eigenvalue weighted by atomic mass is 10.2. The number of hydrogen-bond donors (Lipinski definition) is 3. The van der Waals surface area contributed by atoms with Crippen LogP contribution in [0.2, 0.25) is 0 Å². The fraction of sp³-hybridized carbons (Fsp3) is 0. The van der Waals surface area contributed by atoms with Crippen LogP contribution < -0.4 is 16.4 Å². The molecule has 0 bridgehead atoms. The largest absolute Gasteiger partial charge is 0.376 e. The molecule has 1 amide bonds. The highest BCUT2D eigenvalue weighted by atomic mass is 32.1. The van der Waals surface area contributed by atoms with Gasteiger partial charge in [0.05, 0.1) is 10.2 Å². The molecular weight excluding hydrogens is 316 g/mol. The van der Waals surface area contributed by atoms with Crippen LogP contribution >= 0.6 is 23.6 Å². The van der Waals surface area contributed by atoms with Crippen LogP contribution in [0.15, 0.2) is 48.5 Å². The van der Waals surface area contributed by atoms with E-state index in [-0.39, 0.29) is 11.0 Å². The maximum absolute atomic E-state index is 12.2. The molecule has 22 heavy (non-hydrogen) atoms. The van der Waals surface area contributed by atoms with Crippen LogP contribution in [-0.2, 0) is 0 Å². The van der Waals surface area contributed by atoms with E-state index < -0.39 is 0 Å². The maximum Gasteiger partial charge on any atom is 0.257 e. The smallest absolute Gasteiger partial charge is 0.257 e. The molecule has 0 fully saturated rings. The van der Waals surface area contributed by atoms with Gasteiger partial charge in [0.2, 0.25) is 0 Å². The average molecular weight is 328 g/mol. The number of anilines is 2. The Balaban J connectivity index is 1.74. The second-order valence-corrected chi connectivity index (χ2v) is 5.98. The van der Waals surface area contributed by atoms with Gasteiger partial charge in [0.15, 0.2) is 10.2 Å². The minimum Gasteiger partial charge on any atom is -0.376 e. The third kappa shape index (κ3) is 3.21. The Labute approximate surface area is 136 Å². The number of rotatable bonds is 3. The number of nitrogens with one attached hydrogen (secondary N) is 2. The molecule has 2 aromatic carbocycles. The molecular formula is C15H12N4OS2. The van der Waals surface area contributed by atoms with Crippen molar-refractivity contribution in [2.45, 2.75) is 0 Å². The zero-order chi connectivity index (χ0) is 15.5. The van der Waals surface area contributed by atoms with E-state index in [1.807, 2.05) is 24.3 Å². The van der Waals surface area contributed by atoms with Crippen molar-refractivity contribution in [2.24, 2.45) is 5.73 Å². The molecule has 0 spiro atoms. The van der Waals surface area contributed by atoms with Crippen molar-refractivity contribution >= 4 is 55.6 Å². The summed E-state index contributed by atoms with van der Waals surface area (Å²) in [4.78, 5) is 16.6. The number of nitrogens with zero attached hydrogens (tertiary/aromatic N) is 1. The minimum absolute atomic E-state index is 0.187. The first kappa shape index (κ1) is 14.4. The Morgan fingerprint density at radius 1 is 1.09 bits per heavy atom. The van der Waals surface area contributed by atoms with Crippen molar-refractivity contribution in [3.05, 3.63) is 54.1 Å². The Morgan fingerprint density at radius 2 is 1.82 bits per heavy atom. The molecule has 0 atom stereocenters. The highest BCUT2D eigenvalue weighted by molar-refractivity contribution is 7.80. The lowest BCUT2D eigenvalue weighted by Gasteiger charge is -2.05. The van der Waals surface area contributed by atoms with Gasteiger partial charge in [0, 0.05) is 11.3 Å². The van der Waals surface area contributed by atoms with E-state index in [0.29, 0.717) is 10.7 Å². The summed E-state index contributed by atoms with van der Waals surface area (Å²) in [6.07, 6.45) is 0. The van der Waals surface area contributed by atoms with Crippen LogP contribution in [0.1, 0.15) is 10.4 Å². The highest BCUT2D eigenvalue weighted by Gasteiger charge is 2.09. The molecule has 0 aliphatic rings. The van der Waals surface area contributed by atoms with Crippen molar-refractivity contribution in [3.63, 3.8) is 0 Å². The van der Waals surface area contributed by atoms with E-state index >= 15 is 0 Å². The van der Waals surface area contributed by atoms with Gasteiger partial charge in [-0.2, -0.15) is 0 Å². The fourth-order valence-electron chi connectivity index (χ4n) is 1.94. The fourth-order valence-corrected chi connectivity index (χ4v) is 2.92. The van der Waals surface area contributed by atoms with Crippen molar-refractivity contribution in [2.75, 3.05) is 10.6 Å². The predicted molar refractivity (Wildman–Crippen MR) is 94.4 cm³/mol. The van der Waals surface area contributed by atoms with Crippen LogP contribution in [0, 0.1) is 0 Å². The monoisotopic (exact) mass is 328 g/mol. The Morgan fingerprint density at radius 3 is 2.50 bits per heavy atom. The number of nitrogens with two attached hydrogens (primary N) is 1. The summed E-state index contributed by atoms with van der Waals surface area (Å²) in [7, 11) is 0. The van der Waals surface area contributed by atoms with Gasteiger partial charge in [-0.25, -0.2) is 4.98 Å². The van der Waals surface area contributed by atoms with Gasteiger partial charge in [-0.05, 0) is 48.6 Å². The number of hydrogen-bond acceptors (Lipinski definition) is 4. The summed E-state index contributed by atoms with van der Waals surface area (Å²) in [5.74, 6) is -0.207. The maximum atomic E-state index is 12.2. The van der Waals surface area contributed by atoms with Gasteiger partial charge in [-0.15, -0.1) is 0 Å². The molecule has 5 nitrogen and oxygen atoms in total. The highest BCUT2D eigenvalue weighted by Crippen LogP contribution is 2.25. The van der Waals surface area contributed by atoms with Crippen LogP contribution in [-0.4, -0.2) is 16.0 Å². The van der Waals surface area contributed by atoms with E-state index in [9.17, 15) is 4.79 Å². The van der Waals surface area contributed by atoms with Gasteiger partial charge in [0.1, 0.15) is 0 Å². The summed E-state index contributed by atoms with van der Waals surface area (Å²) in [5.41, 5.74) is 7.54. The minimum atomic E-state index is -0.207. The van der Waals surface area contributed by atoms with Crippen LogP contribution in [0.25, 0.3) is 10.2 Å². The Bertz CT molecular complexity index is 809. The Kier molecular flexibility index (Phi) is 3.99. The van der Waals surface area contributed by atoms with E-state index in [2.05, 4.69) is 15.6 Å². The van der Waals surface area contributed by atoms with Crippen molar-refractivity contribution in [1.82, 2.24) is 4.98 Å². The second kappa shape index (κ2) is 6.08. The Hall–Kier alpha value is -2.51. The molecule has 0 saturated carbocycles. The second-order valence-electron chi connectivity index (χ2n) is 4.51. The number of fused-ring (bicyclic) bond motifs is 1. The molecule has 4 N–H and O–H groups in total. The molecule has 1 aromatic heterocycles. The van der Waals surface area contributed by atoms with Gasteiger partial charge in [-0.3, -0.25) is 10.1 Å². The lowest BCUT2D eigenvalue weighted by Crippen LogP contribution is -2.19. The molecule has 7 heteroatoms. The van der Waals surface area contributed by atoms with Crippen molar-refractivity contribution in [3.8, 4) is 0 Å². The molecule has 0 radical (unpaired) electrons. The van der Waals surface area contributed by atoms with Crippen LogP contribution in [0.4, 0.5) is 10.8 Å². The van der Waals surface area contributed by atoms with Gasteiger partial charge in [-0.1, -0.05) is 23.5 Å². The van der Waals surface area contributed by atoms with E-state index in [4.69, 9.17) is 18.0 Å². The number of carbonyl (C=O) groups excluding carboxylic acids is 1. The zero-order valence-corrected chi connectivity index (χ0v) is 13.0. The zero-order valence-electron chi connectivity index (χ0n) is 11.4. The number of thiocarbonyl (C=S) groups is 1. The summed E-state index contributed by atoms with van der Waals surface area (Å²) >= 11 is 6.20. The number of thiazole rings is 1. The lowest BCUT2D eigenvalue weighted by molar-refractivity contribution is 0.102. The van der Waals surface area contributed by atoms with Gasteiger partial charge in [0.25, 0.3) is 5.91 Å². The number of para-hydroxylation sites is 1. The number of amides is 1. The third-order valence-electron chi connectivity index (χ3n) is 2.93. The first-order valence-corrected chi connectivity index (χ1v) is 7.68. The first-order valence-electron chi connectivity index (χ1n) is 6.45. The normalized spacial score (nSPS) is 10.4. The molecule has 110 valence electrons.